The minimum atomic E-state index is -2.27. The van der Waals surface area contributed by atoms with Gasteiger partial charge in [0.1, 0.15) is 6.04 Å². The van der Waals surface area contributed by atoms with Crippen LogP contribution in [0.2, 0.25) is 0 Å². The Balaban J connectivity index is 0.000000275. The van der Waals surface area contributed by atoms with E-state index < -0.39 is 24.1 Å². The number of hydrogen-bond acceptors (Lipinski definition) is 8. The topological polar surface area (TPSA) is 168 Å². The molecule has 2 rings (SSSR count). The van der Waals surface area contributed by atoms with Crippen LogP contribution >= 0.6 is 11.3 Å². The molecule has 140 valence electrons. The monoisotopic (exact) mass is 376 g/mol. The van der Waals surface area contributed by atoms with Crippen LogP contribution in [0.25, 0.3) is 0 Å². The van der Waals surface area contributed by atoms with Crippen LogP contribution in [0.1, 0.15) is 10.9 Å². The summed E-state index contributed by atoms with van der Waals surface area (Å²) in [5, 5.41) is 46.3. The van der Waals surface area contributed by atoms with Crippen molar-refractivity contribution < 1.29 is 39.9 Å². The third kappa shape index (κ3) is 6.07. The third-order valence-electron chi connectivity index (χ3n) is 3.32. The van der Waals surface area contributed by atoms with E-state index in [0.717, 1.165) is 11.4 Å². The van der Waals surface area contributed by atoms with Gasteiger partial charge in [-0.05, 0) is 11.4 Å². The van der Waals surface area contributed by atoms with Gasteiger partial charge in [-0.1, -0.05) is 6.07 Å². The van der Waals surface area contributed by atoms with E-state index in [-0.39, 0.29) is 18.6 Å². The number of aliphatic hydroxyl groups is 3. The number of rotatable bonds is 6. The van der Waals surface area contributed by atoms with Crippen molar-refractivity contribution in [2.75, 3.05) is 26.2 Å². The molecule has 2 heterocycles. The van der Waals surface area contributed by atoms with Crippen LogP contribution in [0.5, 0.6) is 0 Å². The molecule has 1 aliphatic rings. The number of aliphatic carboxylic acids is 2. The molecule has 11 heteroatoms. The van der Waals surface area contributed by atoms with Crippen molar-refractivity contribution in [3.05, 3.63) is 22.4 Å². The fourth-order valence-corrected chi connectivity index (χ4v) is 2.97. The maximum absolute atomic E-state index is 11.8. The van der Waals surface area contributed by atoms with Gasteiger partial charge in [-0.2, -0.15) is 0 Å². The molecule has 1 fully saturated rings. The zero-order valence-electron chi connectivity index (χ0n) is 13.1. The van der Waals surface area contributed by atoms with E-state index in [4.69, 9.17) is 25.5 Å². The summed E-state index contributed by atoms with van der Waals surface area (Å²) in [6.07, 6.45) is -4.53. The van der Waals surface area contributed by atoms with Gasteiger partial charge in [0, 0.05) is 24.5 Å². The number of piperazine rings is 1. The first-order valence-corrected chi connectivity index (χ1v) is 8.15. The largest absolute Gasteiger partial charge is 0.479 e. The van der Waals surface area contributed by atoms with Crippen LogP contribution in [-0.2, 0) is 14.4 Å². The number of thiophene rings is 1. The Morgan fingerprint density at radius 1 is 1.28 bits per heavy atom. The molecule has 0 radical (unpaired) electrons. The lowest BCUT2D eigenvalue weighted by molar-refractivity contribution is -0.165. The number of β-amino-alcohol motifs (C(OH)–C–C–N with tert-alkyl or cyclic N) is 1. The summed E-state index contributed by atoms with van der Waals surface area (Å²) in [7, 11) is 0. The van der Waals surface area contributed by atoms with Crippen LogP contribution in [0.15, 0.2) is 17.5 Å². The molecule has 1 amide bonds. The Morgan fingerprint density at radius 3 is 2.32 bits per heavy atom. The van der Waals surface area contributed by atoms with E-state index in [1.807, 2.05) is 22.4 Å². The van der Waals surface area contributed by atoms with Gasteiger partial charge in [0.25, 0.3) is 0 Å². The average molecular weight is 376 g/mol. The molecule has 0 spiro atoms. The second-order valence-corrected chi connectivity index (χ2v) is 6.01. The van der Waals surface area contributed by atoms with E-state index in [1.165, 1.54) is 0 Å². The molecule has 0 aliphatic carbocycles. The van der Waals surface area contributed by atoms with Gasteiger partial charge in [0.05, 0.1) is 6.61 Å². The Hall–Kier alpha value is -2.05. The minimum absolute atomic E-state index is 0.0390. The van der Waals surface area contributed by atoms with Crippen LogP contribution in [-0.4, -0.2) is 86.7 Å². The number of amides is 1. The number of carbonyl (C=O) groups is 3. The van der Waals surface area contributed by atoms with Crippen molar-refractivity contribution in [1.82, 2.24) is 10.2 Å². The number of carboxylic acid groups (broad SMARTS) is 2. The van der Waals surface area contributed by atoms with Gasteiger partial charge < -0.3 is 30.8 Å². The zero-order valence-corrected chi connectivity index (χ0v) is 13.9. The Bertz CT molecular complexity index is 559. The summed E-state index contributed by atoms with van der Waals surface area (Å²) in [6.45, 7) is 2.11. The van der Waals surface area contributed by atoms with Crippen LogP contribution < -0.4 is 5.32 Å². The number of carbonyl (C=O) groups excluding carboxylic acids is 1. The number of hydrogen-bond donors (Lipinski definition) is 6. The van der Waals surface area contributed by atoms with Gasteiger partial charge in [0.15, 0.2) is 12.2 Å². The highest BCUT2D eigenvalue weighted by Gasteiger charge is 2.31. The number of aliphatic hydroxyl groups excluding tert-OH is 3. The number of nitrogens with one attached hydrogen (secondary N) is 1. The maximum Gasteiger partial charge on any atom is 0.335 e. The van der Waals surface area contributed by atoms with E-state index in [9.17, 15) is 14.4 Å². The lowest BCUT2D eigenvalue weighted by Crippen LogP contribution is -2.50. The summed E-state index contributed by atoms with van der Waals surface area (Å²) >= 11 is 1.58. The van der Waals surface area contributed by atoms with Crippen LogP contribution in [0, 0.1) is 0 Å². The van der Waals surface area contributed by atoms with Crippen molar-refractivity contribution in [2.24, 2.45) is 0 Å². The maximum atomic E-state index is 11.8. The Kier molecular flexibility index (Phi) is 8.45. The first-order chi connectivity index (χ1) is 11.8. The minimum Gasteiger partial charge on any atom is -0.479 e. The van der Waals surface area contributed by atoms with Gasteiger partial charge in [-0.3, -0.25) is 9.69 Å². The molecule has 0 bridgehead atoms. The Morgan fingerprint density at radius 2 is 1.88 bits per heavy atom. The molecule has 3 unspecified atom stereocenters. The number of carboxylic acids is 2. The molecular formula is C14H20N2O8S. The molecule has 3 atom stereocenters. The lowest BCUT2D eigenvalue weighted by atomic mass is 10.1. The zero-order chi connectivity index (χ0) is 19.0. The third-order valence-corrected chi connectivity index (χ3v) is 4.24. The second-order valence-electron chi connectivity index (χ2n) is 5.03. The summed E-state index contributed by atoms with van der Waals surface area (Å²) < 4.78 is 0. The molecule has 10 nitrogen and oxygen atoms in total. The highest BCUT2D eigenvalue weighted by Crippen LogP contribution is 2.26. The van der Waals surface area contributed by atoms with Crippen molar-refractivity contribution >= 4 is 29.2 Å². The predicted octanol–water partition coefficient (Wildman–Crippen LogP) is -1.91. The molecule has 1 aromatic rings. The van der Waals surface area contributed by atoms with Gasteiger partial charge in [-0.15, -0.1) is 11.3 Å². The first kappa shape index (κ1) is 21.0. The quantitative estimate of drug-likeness (QED) is 0.332. The summed E-state index contributed by atoms with van der Waals surface area (Å²) in [4.78, 5) is 34.4. The summed E-state index contributed by atoms with van der Waals surface area (Å²) in [6, 6.07) is 3.69. The molecule has 6 N–H and O–H groups in total. The first-order valence-electron chi connectivity index (χ1n) is 7.27. The van der Waals surface area contributed by atoms with Crippen LogP contribution in [0.4, 0.5) is 0 Å². The van der Waals surface area contributed by atoms with E-state index in [0.29, 0.717) is 13.1 Å². The van der Waals surface area contributed by atoms with Crippen molar-refractivity contribution in [2.45, 2.75) is 18.2 Å². The standard InChI is InChI=1S/C10H14N2O2S.C4H6O6/c13-6-5-12-4-3-11-10(14)9(12)8-2-1-7-15-8;5-1(3(7)8)2(6)4(9)10/h1-2,7,9,13H,3-6H2,(H,11,14);1-2,5-6H,(H,7,8)(H,9,10). The SMILES string of the molecule is O=C(O)C(O)C(O)C(=O)O.O=C1NCCN(CCO)C1c1cccs1. The normalized spacial score (nSPS) is 20.0. The molecule has 1 aliphatic heterocycles. The highest BCUT2D eigenvalue weighted by molar-refractivity contribution is 7.10. The van der Waals surface area contributed by atoms with Crippen LogP contribution in [0.3, 0.4) is 0 Å². The lowest BCUT2D eigenvalue weighted by Gasteiger charge is -2.33. The molecular weight excluding hydrogens is 356 g/mol. The van der Waals surface area contributed by atoms with Gasteiger partial charge >= 0.3 is 11.9 Å². The van der Waals surface area contributed by atoms with Crippen molar-refractivity contribution in [1.29, 1.82) is 0 Å². The molecule has 1 saturated heterocycles. The van der Waals surface area contributed by atoms with Crippen molar-refractivity contribution in [3.63, 3.8) is 0 Å². The highest BCUT2D eigenvalue weighted by atomic mass is 32.1. The molecule has 0 saturated carbocycles. The molecule has 1 aromatic heterocycles. The van der Waals surface area contributed by atoms with Gasteiger partial charge in [0.2, 0.25) is 5.91 Å². The summed E-state index contributed by atoms with van der Waals surface area (Å²) in [5.74, 6) is -3.50. The van der Waals surface area contributed by atoms with E-state index in [1.54, 1.807) is 11.3 Å². The number of nitrogens with zero attached hydrogens (tertiary/aromatic N) is 1. The molecule has 25 heavy (non-hydrogen) atoms. The summed E-state index contributed by atoms with van der Waals surface area (Å²) in [5.41, 5.74) is 0. The van der Waals surface area contributed by atoms with E-state index in [2.05, 4.69) is 5.32 Å². The average Bonchev–Trinajstić information content (AvgIpc) is 3.08. The van der Waals surface area contributed by atoms with E-state index >= 15 is 0 Å². The predicted molar refractivity (Wildman–Crippen MR) is 86.0 cm³/mol. The van der Waals surface area contributed by atoms with Gasteiger partial charge in [-0.25, -0.2) is 9.59 Å². The molecule has 0 aromatic carbocycles. The Labute approximate surface area is 146 Å². The van der Waals surface area contributed by atoms with Crippen molar-refractivity contribution in [3.8, 4) is 0 Å². The smallest absolute Gasteiger partial charge is 0.335 e. The fraction of sp³-hybridized carbons (Fsp3) is 0.500. The second kappa shape index (κ2) is 10.1. The fourth-order valence-electron chi connectivity index (χ4n) is 2.11.